The van der Waals surface area contributed by atoms with Crippen molar-refractivity contribution < 1.29 is 9.59 Å². The van der Waals surface area contributed by atoms with Crippen molar-refractivity contribution in [3.05, 3.63) is 63.8 Å². The summed E-state index contributed by atoms with van der Waals surface area (Å²) >= 11 is 0. The summed E-state index contributed by atoms with van der Waals surface area (Å²) < 4.78 is 1.81. The van der Waals surface area contributed by atoms with Crippen molar-refractivity contribution in [2.75, 3.05) is 19.6 Å². The van der Waals surface area contributed by atoms with Gasteiger partial charge in [-0.3, -0.25) is 19.4 Å². The van der Waals surface area contributed by atoms with E-state index in [-0.39, 0.29) is 17.0 Å². The first-order valence-electron chi connectivity index (χ1n) is 11.7. The first-order chi connectivity index (χ1) is 15.5. The number of carbonyl (C=O) groups excluding carboxylic acids is 2. The minimum atomic E-state index is -0.481. The molecule has 1 fully saturated rings. The number of aryl methyl sites for hydroxylation is 1. The summed E-state index contributed by atoms with van der Waals surface area (Å²) in [5.41, 5.74) is 0.802. The van der Waals surface area contributed by atoms with Crippen LogP contribution < -0.4 is 10.7 Å². The van der Waals surface area contributed by atoms with Crippen molar-refractivity contribution in [3.63, 3.8) is 0 Å². The summed E-state index contributed by atoms with van der Waals surface area (Å²) in [6, 6.07) is 3.90. The van der Waals surface area contributed by atoms with Crippen LogP contribution in [-0.4, -0.2) is 45.9 Å². The lowest BCUT2D eigenvalue weighted by atomic mass is 10.1. The summed E-state index contributed by atoms with van der Waals surface area (Å²) in [5, 5.41) is 2.85. The van der Waals surface area contributed by atoms with Crippen molar-refractivity contribution in [2.24, 2.45) is 5.92 Å². The van der Waals surface area contributed by atoms with E-state index in [1.54, 1.807) is 29.7 Å². The van der Waals surface area contributed by atoms with Gasteiger partial charge in [0, 0.05) is 51.0 Å². The highest BCUT2D eigenvalue weighted by Gasteiger charge is 2.24. The number of nitrogens with zero attached hydrogens (tertiary/aromatic N) is 3. The Labute approximate surface area is 189 Å². The molecule has 0 aliphatic carbocycles. The fourth-order valence-corrected chi connectivity index (χ4v) is 4.06. The first kappa shape index (κ1) is 23.7. The predicted octanol–water partition coefficient (Wildman–Crippen LogP) is 3.28. The van der Waals surface area contributed by atoms with Crippen molar-refractivity contribution in [2.45, 2.75) is 58.9 Å². The molecule has 2 aromatic rings. The highest BCUT2D eigenvalue weighted by Crippen LogP contribution is 2.13. The number of amides is 2. The van der Waals surface area contributed by atoms with Crippen molar-refractivity contribution in [1.82, 2.24) is 19.8 Å². The minimum Gasteiger partial charge on any atom is -0.352 e. The molecule has 0 bridgehead atoms. The molecular formula is C25H34N4O3. The molecule has 0 spiro atoms. The van der Waals surface area contributed by atoms with Crippen molar-refractivity contribution in [3.8, 4) is 0 Å². The van der Waals surface area contributed by atoms with Crippen LogP contribution in [0.2, 0.25) is 0 Å². The lowest BCUT2D eigenvalue weighted by Crippen LogP contribution is -2.38. The average Bonchev–Trinajstić information content (AvgIpc) is 3.07. The summed E-state index contributed by atoms with van der Waals surface area (Å²) in [4.78, 5) is 45.0. The van der Waals surface area contributed by atoms with Gasteiger partial charge < -0.3 is 14.8 Å². The fraction of sp³-hybridized carbons (Fsp3) is 0.520. The van der Waals surface area contributed by atoms with Crippen molar-refractivity contribution >= 4 is 11.8 Å². The van der Waals surface area contributed by atoms with E-state index >= 15 is 0 Å². The van der Waals surface area contributed by atoms with Crippen LogP contribution in [0.5, 0.6) is 0 Å². The Hall–Kier alpha value is -2.96. The van der Waals surface area contributed by atoms with Crippen LogP contribution in [0, 0.1) is 5.92 Å². The Kier molecular flexibility index (Phi) is 8.59. The van der Waals surface area contributed by atoms with Gasteiger partial charge in [-0.15, -0.1) is 0 Å². The second-order valence-electron chi connectivity index (χ2n) is 8.93. The van der Waals surface area contributed by atoms with E-state index in [0.717, 1.165) is 44.1 Å². The number of hydrogen-bond donors (Lipinski definition) is 1. The summed E-state index contributed by atoms with van der Waals surface area (Å²) in [6.45, 7) is 6.53. The van der Waals surface area contributed by atoms with E-state index in [1.807, 2.05) is 16.7 Å². The molecule has 1 N–H and O–H groups in total. The van der Waals surface area contributed by atoms with E-state index in [4.69, 9.17) is 0 Å². The van der Waals surface area contributed by atoms with E-state index in [1.165, 1.54) is 0 Å². The maximum Gasteiger partial charge on any atom is 0.259 e. The lowest BCUT2D eigenvalue weighted by molar-refractivity contribution is 0.0759. The zero-order valence-electron chi connectivity index (χ0n) is 19.2. The molecular weight excluding hydrogens is 404 g/mol. The molecule has 2 amide bonds. The number of aromatic nitrogens is 2. The molecule has 1 aliphatic heterocycles. The van der Waals surface area contributed by atoms with Crippen LogP contribution in [0.4, 0.5) is 0 Å². The van der Waals surface area contributed by atoms with Gasteiger partial charge in [0.05, 0.1) is 0 Å². The highest BCUT2D eigenvalue weighted by atomic mass is 16.2. The van der Waals surface area contributed by atoms with Gasteiger partial charge >= 0.3 is 0 Å². The second-order valence-corrected chi connectivity index (χ2v) is 8.93. The lowest BCUT2D eigenvalue weighted by Gasteiger charge is -2.21. The molecule has 7 nitrogen and oxygen atoms in total. The van der Waals surface area contributed by atoms with Gasteiger partial charge in [0.15, 0.2) is 0 Å². The molecule has 3 heterocycles. The highest BCUT2D eigenvalue weighted by molar-refractivity contribution is 5.99. The van der Waals surface area contributed by atoms with Gasteiger partial charge in [-0.05, 0) is 49.3 Å². The van der Waals surface area contributed by atoms with Gasteiger partial charge in [-0.2, -0.15) is 0 Å². The van der Waals surface area contributed by atoms with Crippen molar-refractivity contribution in [1.29, 1.82) is 0 Å². The smallest absolute Gasteiger partial charge is 0.259 e. The Balaban J connectivity index is 1.75. The zero-order valence-corrected chi connectivity index (χ0v) is 19.2. The quantitative estimate of drug-likeness (QED) is 0.641. The third-order valence-electron chi connectivity index (χ3n) is 5.70. The average molecular weight is 439 g/mol. The monoisotopic (exact) mass is 438 g/mol. The van der Waals surface area contributed by atoms with Crippen LogP contribution in [0.1, 0.15) is 72.2 Å². The fourth-order valence-electron chi connectivity index (χ4n) is 4.06. The van der Waals surface area contributed by atoms with Crippen LogP contribution >= 0.6 is 0 Å². The molecule has 0 atom stereocenters. The van der Waals surface area contributed by atoms with E-state index < -0.39 is 11.3 Å². The van der Waals surface area contributed by atoms with Crippen LogP contribution in [0.3, 0.4) is 0 Å². The first-order valence-corrected chi connectivity index (χ1v) is 11.7. The van der Waals surface area contributed by atoms with Gasteiger partial charge in [-0.1, -0.05) is 26.7 Å². The van der Waals surface area contributed by atoms with Crippen LogP contribution in [0.15, 0.2) is 41.7 Å². The molecule has 172 valence electrons. The van der Waals surface area contributed by atoms with Gasteiger partial charge in [-0.25, -0.2) is 0 Å². The second kappa shape index (κ2) is 11.6. The number of carbonyl (C=O) groups is 2. The number of likely N-dealkylation sites (tertiary alicyclic amines) is 1. The molecule has 3 rings (SSSR count). The number of pyridine rings is 2. The molecule has 0 saturated carbocycles. The maximum atomic E-state index is 13.2. The number of hydrogen-bond acceptors (Lipinski definition) is 4. The Morgan fingerprint density at radius 3 is 2.34 bits per heavy atom. The van der Waals surface area contributed by atoms with Gasteiger partial charge in [0.2, 0.25) is 5.43 Å². The Morgan fingerprint density at radius 2 is 1.69 bits per heavy atom. The summed E-state index contributed by atoms with van der Waals surface area (Å²) in [5.74, 6) is -0.371. The molecule has 32 heavy (non-hydrogen) atoms. The molecule has 7 heteroatoms. The predicted molar refractivity (Wildman–Crippen MR) is 125 cm³/mol. The Morgan fingerprint density at radius 1 is 1.03 bits per heavy atom. The molecule has 2 aromatic heterocycles. The van der Waals surface area contributed by atoms with E-state index in [0.29, 0.717) is 32.1 Å². The van der Waals surface area contributed by atoms with Gasteiger partial charge in [0.1, 0.15) is 11.1 Å². The largest absolute Gasteiger partial charge is 0.352 e. The third-order valence-corrected chi connectivity index (χ3v) is 5.70. The van der Waals surface area contributed by atoms with Crippen LogP contribution in [-0.2, 0) is 13.0 Å². The summed E-state index contributed by atoms with van der Waals surface area (Å²) in [7, 11) is 0. The molecule has 0 radical (unpaired) electrons. The number of nitrogens with one attached hydrogen (secondary N) is 1. The van der Waals surface area contributed by atoms with Crippen LogP contribution in [0.25, 0.3) is 0 Å². The topological polar surface area (TPSA) is 84.3 Å². The minimum absolute atomic E-state index is 0.0373. The molecule has 0 aromatic carbocycles. The normalized spacial score (nSPS) is 14.3. The molecule has 1 aliphatic rings. The SMILES string of the molecule is CC(C)Cn1cc(C(=O)NCCCc2ccncc2)c(=O)c(C(=O)N2CCCCCC2)c1. The third kappa shape index (κ3) is 6.52. The van der Waals surface area contributed by atoms with E-state index in [9.17, 15) is 14.4 Å². The maximum absolute atomic E-state index is 13.2. The standard InChI is InChI=1S/C25H34N4O3/c1-19(2)16-28-17-21(24(31)27-11-7-8-20-9-12-26-13-10-20)23(30)22(18-28)25(32)29-14-5-3-4-6-15-29/h9-10,12-13,17-19H,3-8,11,14-16H2,1-2H3,(H,27,31). The van der Waals surface area contributed by atoms with E-state index in [2.05, 4.69) is 24.1 Å². The number of rotatable bonds is 8. The zero-order chi connectivity index (χ0) is 22.9. The molecule has 0 unspecified atom stereocenters. The molecule has 1 saturated heterocycles. The Bertz CT molecular complexity index is 961. The van der Waals surface area contributed by atoms with Gasteiger partial charge in [0.25, 0.3) is 11.8 Å². The summed E-state index contributed by atoms with van der Waals surface area (Å²) in [6.07, 6.45) is 12.4.